The second-order valence-electron chi connectivity index (χ2n) is 9.22. The van der Waals surface area contributed by atoms with Gasteiger partial charge in [0.1, 0.15) is 5.84 Å². The lowest BCUT2D eigenvalue weighted by Crippen LogP contribution is -2.48. The molecule has 3 rings (SSSR count). The molecular formula is C27H37N5O6S. The third kappa shape index (κ3) is 8.49. The summed E-state index contributed by atoms with van der Waals surface area (Å²) in [4.78, 5) is 44.4. The summed E-state index contributed by atoms with van der Waals surface area (Å²) in [5, 5.41) is 22.9. The Hall–Kier alpha value is -3.51. The molecule has 0 aliphatic carbocycles. The molecular weight excluding hydrogens is 522 g/mol. The highest BCUT2D eigenvalue weighted by Gasteiger charge is 2.31. The zero-order chi connectivity index (χ0) is 28.4. The molecule has 0 spiro atoms. The van der Waals surface area contributed by atoms with E-state index in [1.165, 1.54) is 11.3 Å². The molecule has 1 aliphatic rings. The molecule has 1 atom stereocenters. The largest absolute Gasteiger partial charge is 0.481 e. The van der Waals surface area contributed by atoms with Gasteiger partial charge in [-0.15, -0.1) is 11.3 Å². The molecule has 39 heavy (non-hydrogen) atoms. The van der Waals surface area contributed by atoms with E-state index in [0.29, 0.717) is 25.1 Å². The molecule has 12 heteroatoms. The summed E-state index contributed by atoms with van der Waals surface area (Å²) in [5.41, 5.74) is 2.13. The van der Waals surface area contributed by atoms with Crippen molar-refractivity contribution in [2.45, 2.75) is 46.1 Å². The zero-order valence-electron chi connectivity index (χ0n) is 22.6. The maximum absolute atomic E-state index is 11.9. The number of rotatable bonds is 12. The number of ether oxygens (including phenoxy) is 2. The van der Waals surface area contributed by atoms with Crippen molar-refractivity contribution in [3.05, 3.63) is 35.2 Å². The average molecular weight is 560 g/mol. The van der Waals surface area contributed by atoms with Crippen LogP contribution in [0.3, 0.4) is 0 Å². The summed E-state index contributed by atoms with van der Waals surface area (Å²) in [6, 6.07) is 7.24. The number of alkyl carbamates (subject to hydrolysis) is 1. The molecule has 0 bridgehead atoms. The van der Waals surface area contributed by atoms with Crippen molar-refractivity contribution in [2.24, 2.45) is 5.92 Å². The van der Waals surface area contributed by atoms with E-state index in [9.17, 15) is 19.5 Å². The van der Waals surface area contributed by atoms with Gasteiger partial charge in [-0.25, -0.2) is 9.78 Å². The van der Waals surface area contributed by atoms with Crippen LogP contribution in [0.15, 0.2) is 29.6 Å². The monoisotopic (exact) mass is 559 g/mol. The first-order valence-electron chi connectivity index (χ1n) is 13.2. The van der Waals surface area contributed by atoms with Crippen LogP contribution >= 0.6 is 11.3 Å². The Morgan fingerprint density at radius 1 is 1.15 bits per heavy atom. The quantitative estimate of drug-likeness (QED) is 0.201. The second kappa shape index (κ2) is 14.6. The van der Waals surface area contributed by atoms with Crippen LogP contribution in [0.2, 0.25) is 0 Å². The second-order valence-corrected chi connectivity index (χ2v) is 10.1. The molecule has 0 saturated carbocycles. The predicted octanol–water partition coefficient (Wildman–Crippen LogP) is 3.83. The van der Waals surface area contributed by atoms with Crippen LogP contribution in [-0.4, -0.2) is 84.3 Å². The van der Waals surface area contributed by atoms with Crippen LogP contribution in [0.5, 0.6) is 0 Å². The van der Waals surface area contributed by atoms with Crippen LogP contribution in [0.1, 0.15) is 45.6 Å². The number of carbonyl (C=O) groups is 3. The molecule has 1 aliphatic heterocycles. The van der Waals surface area contributed by atoms with Crippen molar-refractivity contribution in [1.82, 2.24) is 15.2 Å². The van der Waals surface area contributed by atoms with Crippen molar-refractivity contribution in [1.29, 1.82) is 5.41 Å². The van der Waals surface area contributed by atoms with E-state index in [4.69, 9.17) is 19.9 Å². The van der Waals surface area contributed by atoms with Gasteiger partial charge in [-0.1, -0.05) is 31.2 Å². The number of carbonyl (C=O) groups excluding carboxylic acids is 2. The number of benzene rings is 1. The van der Waals surface area contributed by atoms with Gasteiger partial charge in [0, 0.05) is 42.2 Å². The standard InChI is InChI=1S/C27H37N5O6S/c1-4-18(25(34)35)15-32(21-11-13-31(14-12-21)16-23(33)37-5-2)26-29-22(17-39-26)19-7-9-20(10-8-19)24(28)30-27(36)38-6-3/h7-10,17-18,21H,4-6,11-16H2,1-3H3,(H,34,35)(H2,28,30,36). The van der Waals surface area contributed by atoms with Crippen LogP contribution in [0.25, 0.3) is 11.3 Å². The summed E-state index contributed by atoms with van der Waals surface area (Å²) < 4.78 is 9.89. The number of thiazole rings is 1. The Morgan fingerprint density at radius 2 is 1.82 bits per heavy atom. The fraction of sp³-hybridized carbons (Fsp3) is 0.519. The van der Waals surface area contributed by atoms with Crippen LogP contribution in [0.4, 0.5) is 9.93 Å². The van der Waals surface area contributed by atoms with Crippen molar-refractivity contribution in [2.75, 3.05) is 44.3 Å². The van der Waals surface area contributed by atoms with Crippen molar-refractivity contribution >= 4 is 40.3 Å². The number of amides is 1. The SMILES string of the molecule is CCOC(=O)CN1CCC(N(CC(CC)C(=O)O)c2nc(-c3ccc(C(=N)NC(=O)OCC)cc3)cs2)CC1. The van der Waals surface area contributed by atoms with E-state index in [0.717, 1.165) is 42.3 Å². The van der Waals surface area contributed by atoms with Crippen LogP contribution in [0, 0.1) is 11.3 Å². The Morgan fingerprint density at radius 3 is 2.41 bits per heavy atom. The first kappa shape index (κ1) is 30.0. The highest BCUT2D eigenvalue weighted by atomic mass is 32.1. The number of aromatic nitrogens is 1. The average Bonchev–Trinajstić information content (AvgIpc) is 3.40. The molecule has 0 radical (unpaired) electrons. The normalized spacial score (nSPS) is 14.8. The number of nitrogens with one attached hydrogen (secondary N) is 2. The summed E-state index contributed by atoms with van der Waals surface area (Å²) in [5.74, 6) is -1.63. The Labute approximate surface area is 232 Å². The van der Waals surface area contributed by atoms with Gasteiger partial charge in [-0.2, -0.15) is 0 Å². The third-order valence-electron chi connectivity index (χ3n) is 6.62. The number of likely N-dealkylation sites (tertiary alicyclic amines) is 1. The van der Waals surface area contributed by atoms with E-state index in [1.807, 2.05) is 24.4 Å². The number of carboxylic acid groups (broad SMARTS) is 1. The number of piperidine rings is 1. The molecule has 1 aromatic carbocycles. The maximum atomic E-state index is 11.9. The summed E-state index contributed by atoms with van der Waals surface area (Å²) in [6.45, 7) is 8.00. The molecule has 11 nitrogen and oxygen atoms in total. The minimum absolute atomic E-state index is 0.0567. The Bertz CT molecular complexity index is 1130. The van der Waals surface area contributed by atoms with Gasteiger partial charge in [-0.05, 0) is 33.1 Å². The lowest BCUT2D eigenvalue weighted by atomic mass is 10.00. The number of esters is 1. The van der Waals surface area contributed by atoms with E-state index >= 15 is 0 Å². The molecule has 1 fully saturated rings. The van der Waals surface area contributed by atoms with Crippen molar-refractivity contribution in [3.8, 4) is 11.3 Å². The minimum Gasteiger partial charge on any atom is -0.481 e. The van der Waals surface area contributed by atoms with Gasteiger partial charge in [0.05, 0.1) is 31.4 Å². The predicted molar refractivity (Wildman–Crippen MR) is 149 cm³/mol. The van der Waals surface area contributed by atoms with Crippen molar-refractivity contribution < 1.29 is 29.0 Å². The molecule has 2 aromatic rings. The Kier molecular flexibility index (Phi) is 11.2. The topological polar surface area (TPSA) is 145 Å². The van der Waals surface area contributed by atoms with Gasteiger partial charge in [0.15, 0.2) is 5.13 Å². The lowest BCUT2D eigenvalue weighted by molar-refractivity contribution is -0.145. The first-order valence-corrected chi connectivity index (χ1v) is 14.1. The minimum atomic E-state index is -0.825. The highest BCUT2D eigenvalue weighted by molar-refractivity contribution is 7.14. The first-order chi connectivity index (χ1) is 18.7. The van der Waals surface area contributed by atoms with E-state index < -0.39 is 18.0 Å². The molecule has 1 amide bonds. The zero-order valence-corrected chi connectivity index (χ0v) is 23.5. The molecule has 2 heterocycles. The molecule has 212 valence electrons. The van der Waals surface area contributed by atoms with Gasteiger partial charge >= 0.3 is 18.0 Å². The number of nitrogens with zero attached hydrogens (tertiary/aromatic N) is 3. The maximum Gasteiger partial charge on any atom is 0.412 e. The van der Waals surface area contributed by atoms with Crippen LogP contribution in [-0.2, 0) is 19.1 Å². The lowest BCUT2D eigenvalue weighted by Gasteiger charge is -2.39. The summed E-state index contributed by atoms with van der Waals surface area (Å²) >= 11 is 1.47. The van der Waals surface area contributed by atoms with Gasteiger partial charge < -0.3 is 19.5 Å². The highest BCUT2D eigenvalue weighted by Crippen LogP contribution is 2.32. The molecule has 1 unspecified atom stereocenters. The van der Waals surface area contributed by atoms with Crippen LogP contribution < -0.4 is 10.2 Å². The Balaban J connectivity index is 1.74. The fourth-order valence-electron chi connectivity index (χ4n) is 4.46. The van der Waals surface area contributed by atoms with E-state index in [1.54, 1.807) is 26.0 Å². The number of amidine groups is 1. The van der Waals surface area contributed by atoms with Gasteiger partial charge in [0.25, 0.3) is 0 Å². The summed E-state index contributed by atoms with van der Waals surface area (Å²) in [6.07, 6.45) is 1.41. The number of hydrogen-bond acceptors (Lipinski definition) is 10. The molecule has 3 N–H and O–H groups in total. The third-order valence-corrected chi connectivity index (χ3v) is 7.50. The summed E-state index contributed by atoms with van der Waals surface area (Å²) in [7, 11) is 0. The fourth-order valence-corrected chi connectivity index (χ4v) is 5.37. The van der Waals surface area contributed by atoms with E-state index in [2.05, 4.69) is 15.1 Å². The number of aliphatic carboxylic acids is 1. The molecule has 1 saturated heterocycles. The smallest absolute Gasteiger partial charge is 0.412 e. The van der Waals surface area contributed by atoms with Gasteiger partial charge in [0.2, 0.25) is 0 Å². The van der Waals surface area contributed by atoms with E-state index in [-0.39, 0.29) is 31.0 Å². The van der Waals surface area contributed by atoms with Gasteiger partial charge in [-0.3, -0.25) is 25.2 Å². The number of carboxylic acids is 1. The molecule has 1 aromatic heterocycles. The number of anilines is 1. The van der Waals surface area contributed by atoms with Crippen molar-refractivity contribution in [3.63, 3.8) is 0 Å². The number of hydrogen-bond donors (Lipinski definition) is 3.